The zero-order valence-corrected chi connectivity index (χ0v) is 11.4. The lowest BCUT2D eigenvalue weighted by Gasteiger charge is -2.13. The molecule has 0 heterocycles. The number of nitrogens with zero attached hydrogens (tertiary/aromatic N) is 1. The van der Waals surface area contributed by atoms with Gasteiger partial charge in [-0.05, 0) is 6.42 Å². The second-order valence-corrected chi connectivity index (χ2v) is 3.95. The molecule has 0 aliphatic heterocycles. The average molecular weight is 289 g/mol. The molecule has 1 aromatic carbocycles. The summed E-state index contributed by atoms with van der Waals surface area (Å²) in [6.07, 6.45) is 1.23. The molecule has 0 spiro atoms. The summed E-state index contributed by atoms with van der Waals surface area (Å²) < 4.78 is 0. The third-order valence-corrected chi connectivity index (χ3v) is 2.60. The van der Waals surface area contributed by atoms with Crippen molar-refractivity contribution >= 4 is 24.1 Å². The average Bonchev–Trinajstić information content (AvgIpc) is 2.34. The number of carbonyl (C=O) groups is 1. The molecule has 0 saturated heterocycles. The second-order valence-electron chi connectivity index (χ2n) is 3.95. The van der Waals surface area contributed by atoms with Crippen LogP contribution in [0.4, 0.5) is 5.69 Å². The van der Waals surface area contributed by atoms with Gasteiger partial charge in [-0.1, -0.05) is 31.5 Å². The highest BCUT2D eigenvalue weighted by Gasteiger charge is 2.18. The van der Waals surface area contributed by atoms with Gasteiger partial charge < -0.3 is 10.4 Å². The Labute approximate surface area is 117 Å². The number of halogens is 1. The van der Waals surface area contributed by atoms with Crippen LogP contribution >= 0.6 is 12.4 Å². The first-order chi connectivity index (χ1) is 8.56. The Kier molecular flexibility index (Phi) is 7.71. The molecular weight excluding hydrogens is 272 g/mol. The Balaban J connectivity index is 0.00000324. The van der Waals surface area contributed by atoms with Crippen LogP contribution < -0.4 is 5.32 Å². The van der Waals surface area contributed by atoms with Crippen molar-refractivity contribution in [1.82, 2.24) is 5.32 Å². The summed E-state index contributed by atoms with van der Waals surface area (Å²) in [4.78, 5) is 21.3. The predicted octanol–water partition coefficient (Wildman–Crippen LogP) is 2.36. The molecule has 1 unspecified atom stereocenters. The molecule has 1 rings (SSSR count). The molecule has 1 atom stereocenters. The van der Waals surface area contributed by atoms with Gasteiger partial charge in [0.1, 0.15) is 6.04 Å². The molecule has 106 valence electrons. The molecule has 0 bridgehead atoms. The quantitative estimate of drug-likeness (QED) is 0.593. The van der Waals surface area contributed by atoms with Crippen molar-refractivity contribution in [3.05, 3.63) is 39.9 Å². The summed E-state index contributed by atoms with van der Waals surface area (Å²) in [5.74, 6) is -0.935. The van der Waals surface area contributed by atoms with Crippen molar-refractivity contribution in [1.29, 1.82) is 0 Å². The monoisotopic (exact) mass is 288 g/mol. The van der Waals surface area contributed by atoms with E-state index in [-0.39, 0.29) is 24.6 Å². The number of nitro benzene ring substituents is 1. The molecule has 0 amide bonds. The smallest absolute Gasteiger partial charge is 0.320 e. The van der Waals surface area contributed by atoms with E-state index in [1.165, 1.54) is 6.07 Å². The van der Waals surface area contributed by atoms with Crippen LogP contribution in [0.1, 0.15) is 25.3 Å². The minimum absolute atomic E-state index is 0. The van der Waals surface area contributed by atoms with E-state index >= 15 is 0 Å². The number of para-hydroxylation sites is 1. The molecule has 0 fully saturated rings. The maximum atomic E-state index is 10.9. The largest absolute Gasteiger partial charge is 0.480 e. The number of rotatable bonds is 7. The summed E-state index contributed by atoms with van der Waals surface area (Å²) in [5, 5.41) is 22.6. The number of hydrogen-bond acceptors (Lipinski definition) is 4. The van der Waals surface area contributed by atoms with Crippen LogP contribution in [0.25, 0.3) is 0 Å². The molecule has 2 N–H and O–H groups in total. The Bertz CT molecular complexity index is 439. The maximum Gasteiger partial charge on any atom is 0.320 e. The first kappa shape index (κ1) is 17.3. The standard InChI is InChI=1S/C12H16N2O4.ClH/c1-2-5-10(12(15)16)13-8-9-6-3-4-7-11(9)14(17)18;/h3-4,6-7,10,13H,2,5,8H2,1H3,(H,15,16);1H. The summed E-state index contributed by atoms with van der Waals surface area (Å²) in [6.45, 7) is 2.07. The number of aliphatic carboxylic acids is 1. The molecule has 0 aliphatic carbocycles. The number of carboxylic acid groups (broad SMARTS) is 1. The zero-order chi connectivity index (χ0) is 13.5. The van der Waals surface area contributed by atoms with Crippen LogP contribution in [0.3, 0.4) is 0 Å². The van der Waals surface area contributed by atoms with Gasteiger partial charge in [-0.25, -0.2) is 0 Å². The second kappa shape index (κ2) is 8.44. The zero-order valence-electron chi connectivity index (χ0n) is 10.5. The van der Waals surface area contributed by atoms with E-state index in [0.29, 0.717) is 12.0 Å². The van der Waals surface area contributed by atoms with E-state index in [1.54, 1.807) is 18.2 Å². The van der Waals surface area contributed by atoms with Gasteiger partial charge in [-0.2, -0.15) is 0 Å². The predicted molar refractivity (Wildman–Crippen MR) is 73.5 cm³/mol. The molecule has 0 aliphatic rings. The van der Waals surface area contributed by atoms with Gasteiger partial charge in [-0.15, -0.1) is 12.4 Å². The lowest BCUT2D eigenvalue weighted by atomic mass is 10.1. The molecular formula is C12H17ClN2O4. The third kappa shape index (κ3) is 5.23. The molecule has 0 saturated carbocycles. The van der Waals surface area contributed by atoms with Crippen molar-refractivity contribution < 1.29 is 14.8 Å². The molecule has 6 nitrogen and oxygen atoms in total. The number of nitrogens with one attached hydrogen (secondary N) is 1. The van der Waals surface area contributed by atoms with Crippen LogP contribution in [0.5, 0.6) is 0 Å². The minimum Gasteiger partial charge on any atom is -0.480 e. The normalized spacial score (nSPS) is 11.4. The molecule has 0 radical (unpaired) electrons. The summed E-state index contributed by atoms with van der Waals surface area (Å²) in [7, 11) is 0. The van der Waals surface area contributed by atoms with Gasteiger partial charge in [0.15, 0.2) is 0 Å². The van der Waals surface area contributed by atoms with Gasteiger partial charge in [0.05, 0.1) is 4.92 Å². The molecule has 1 aromatic rings. The van der Waals surface area contributed by atoms with Crippen molar-refractivity contribution in [2.45, 2.75) is 32.4 Å². The van der Waals surface area contributed by atoms with E-state index in [1.807, 2.05) is 6.92 Å². The van der Waals surface area contributed by atoms with Gasteiger partial charge >= 0.3 is 5.97 Å². The van der Waals surface area contributed by atoms with Crippen LogP contribution in [0.2, 0.25) is 0 Å². The molecule has 7 heteroatoms. The van der Waals surface area contributed by atoms with Crippen molar-refractivity contribution in [2.75, 3.05) is 0 Å². The van der Waals surface area contributed by atoms with Crippen molar-refractivity contribution in [3.8, 4) is 0 Å². The Morgan fingerprint density at radius 1 is 1.47 bits per heavy atom. The van der Waals surface area contributed by atoms with E-state index in [0.717, 1.165) is 6.42 Å². The summed E-state index contributed by atoms with van der Waals surface area (Å²) in [5.41, 5.74) is 0.496. The minimum atomic E-state index is -0.935. The fraction of sp³-hybridized carbons (Fsp3) is 0.417. The van der Waals surface area contributed by atoms with E-state index in [2.05, 4.69) is 5.32 Å². The molecule has 19 heavy (non-hydrogen) atoms. The van der Waals surface area contributed by atoms with Crippen LogP contribution in [-0.2, 0) is 11.3 Å². The first-order valence-corrected chi connectivity index (χ1v) is 5.74. The lowest BCUT2D eigenvalue weighted by Crippen LogP contribution is -2.36. The third-order valence-electron chi connectivity index (χ3n) is 2.60. The fourth-order valence-electron chi connectivity index (χ4n) is 1.67. The van der Waals surface area contributed by atoms with Gasteiger partial charge in [0, 0.05) is 18.2 Å². The van der Waals surface area contributed by atoms with Gasteiger partial charge in [0.2, 0.25) is 0 Å². The maximum absolute atomic E-state index is 10.9. The van der Waals surface area contributed by atoms with Gasteiger partial charge in [0.25, 0.3) is 5.69 Å². The number of benzene rings is 1. The van der Waals surface area contributed by atoms with Crippen LogP contribution in [0.15, 0.2) is 24.3 Å². The Morgan fingerprint density at radius 3 is 2.63 bits per heavy atom. The summed E-state index contributed by atoms with van der Waals surface area (Å²) >= 11 is 0. The van der Waals surface area contributed by atoms with E-state index in [9.17, 15) is 14.9 Å². The Morgan fingerprint density at radius 2 is 2.11 bits per heavy atom. The highest BCUT2D eigenvalue weighted by atomic mass is 35.5. The highest BCUT2D eigenvalue weighted by Crippen LogP contribution is 2.17. The van der Waals surface area contributed by atoms with E-state index in [4.69, 9.17) is 5.11 Å². The number of carboxylic acids is 1. The SMILES string of the molecule is CCCC(NCc1ccccc1[N+](=O)[O-])C(=O)O.Cl. The fourth-order valence-corrected chi connectivity index (χ4v) is 1.67. The number of nitro groups is 1. The first-order valence-electron chi connectivity index (χ1n) is 5.74. The van der Waals surface area contributed by atoms with Crippen LogP contribution in [0, 0.1) is 10.1 Å². The van der Waals surface area contributed by atoms with Crippen molar-refractivity contribution in [2.24, 2.45) is 0 Å². The van der Waals surface area contributed by atoms with Gasteiger partial charge in [-0.3, -0.25) is 14.9 Å². The van der Waals surface area contributed by atoms with E-state index < -0.39 is 16.9 Å². The molecule has 0 aromatic heterocycles. The highest BCUT2D eigenvalue weighted by molar-refractivity contribution is 5.85. The Hall–Kier alpha value is -1.66. The van der Waals surface area contributed by atoms with Crippen LogP contribution in [-0.4, -0.2) is 22.0 Å². The summed E-state index contributed by atoms with van der Waals surface area (Å²) in [6, 6.07) is 5.64. The topological polar surface area (TPSA) is 92.5 Å². The lowest BCUT2D eigenvalue weighted by molar-refractivity contribution is -0.385. The van der Waals surface area contributed by atoms with Crippen molar-refractivity contribution in [3.63, 3.8) is 0 Å². The number of hydrogen-bond donors (Lipinski definition) is 2.